The number of carbonyl (C=O) groups excluding carboxylic acids is 3. The fourth-order valence-electron chi connectivity index (χ4n) is 2.43. The maximum atomic E-state index is 12.2. The summed E-state index contributed by atoms with van der Waals surface area (Å²) in [6.07, 6.45) is 2.36. The summed E-state index contributed by atoms with van der Waals surface area (Å²) in [4.78, 5) is 38.4. The van der Waals surface area contributed by atoms with Gasteiger partial charge in [0.05, 0.1) is 12.5 Å². The van der Waals surface area contributed by atoms with Crippen molar-refractivity contribution in [1.29, 1.82) is 0 Å². The van der Waals surface area contributed by atoms with E-state index in [0.29, 0.717) is 19.2 Å². The number of amides is 2. The number of likely N-dealkylation sites (tertiary alicyclic amines) is 1. The number of likely N-dealkylation sites (N-methyl/N-ethyl adjacent to an activating group) is 1. The minimum absolute atomic E-state index is 0.0548. The molecule has 0 aromatic carbocycles. The molecule has 0 spiro atoms. The summed E-state index contributed by atoms with van der Waals surface area (Å²) in [5.41, 5.74) is 0. The van der Waals surface area contributed by atoms with Gasteiger partial charge >= 0.3 is 5.97 Å². The normalized spacial score (nSPS) is 22.5. The van der Waals surface area contributed by atoms with Gasteiger partial charge < -0.3 is 14.5 Å². The second-order valence-electron chi connectivity index (χ2n) is 5.18. The molecule has 0 aromatic heterocycles. The van der Waals surface area contributed by atoms with Crippen molar-refractivity contribution in [3.63, 3.8) is 0 Å². The lowest BCUT2D eigenvalue weighted by molar-refractivity contribution is -0.149. The molecule has 0 N–H and O–H groups in total. The molecule has 6 heteroatoms. The van der Waals surface area contributed by atoms with Crippen molar-refractivity contribution in [3.8, 4) is 0 Å². The van der Waals surface area contributed by atoms with Crippen LogP contribution in [-0.4, -0.2) is 60.4 Å². The van der Waals surface area contributed by atoms with Gasteiger partial charge in [0.15, 0.2) is 0 Å². The molecule has 1 aliphatic heterocycles. The number of esters is 1. The standard InChI is InChI=1S/C13H20N2O4/c1-3-19-12(17)8-14(2)13(18)9-6-11(16)15(7-9)10-4-5-10/h9-10H,3-8H2,1-2H3. The van der Waals surface area contributed by atoms with E-state index in [0.717, 1.165) is 12.8 Å². The van der Waals surface area contributed by atoms with Crippen LogP contribution in [0.1, 0.15) is 26.2 Å². The number of nitrogens with zero attached hydrogens (tertiary/aromatic N) is 2. The van der Waals surface area contributed by atoms with Crippen LogP contribution in [0.4, 0.5) is 0 Å². The van der Waals surface area contributed by atoms with Gasteiger partial charge in [-0.3, -0.25) is 14.4 Å². The van der Waals surface area contributed by atoms with Gasteiger partial charge in [0.1, 0.15) is 6.54 Å². The monoisotopic (exact) mass is 268 g/mol. The van der Waals surface area contributed by atoms with Crippen LogP contribution in [-0.2, 0) is 19.1 Å². The van der Waals surface area contributed by atoms with Gasteiger partial charge in [0.25, 0.3) is 0 Å². The molecule has 2 rings (SSSR count). The lowest BCUT2D eigenvalue weighted by Crippen LogP contribution is -2.38. The Morgan fingerprint density at radius 3 is 2.68 bits per heavy atom. The van der Waals surface area contributed by atoms with Crippen LogP contribution in [0.2, 0.25) is 0 Å². The van der Waals surface area contributed by atoms with E-state index >= 15 is 0 Å². The zero-order valence-corrected chi connectivity index (χ0v) is 11.4. The number of hydrogen-bond donors (Lipinski definition) is 0. The van der Waals surface area contributed by atoms with Gasteiger partial charge in [-0.15, -0.1) is 0 Å². The second-order valence-corrected chi connectivity index (χ2v) is 5.18. The smallest absolute Gasteiger partial charge is 0.325 e. The average molecular weight is 268 g/mol. The first-order valence-electron chi connectivity index (χ1n) is 6.73. The van der Waals surface area contributed by atoms with Gasteiger partial charge in [0.2, 0.25) is 11.8 Å². The molecule has 2 amide bonds. The van der Waals surface area contributed by atoms with Crippen LogP contribution in [0.3, 0.4) is 0 Å². The summed E-state index contributed by atoms with van der Waals surface area (Å²) >= 11 is 0. The van der Waals surface area contributed by atoms with Crippen LogP contribution in [0.15, 0.2) is 0 Å². The molecule has 1 heterocycles. The summed E-state index contributed by atoms with van der Waals surface area (Å²) < 4.78 is 4.81. The Bertz CT molecular complexity index is 392. The molecule has 6 nitrogen and oxygen atoms in total. The minimum atomic E-state index is -0.415. The van der Waals surface area contributed by atoms with E-state index in [9.17, 15) is 14.4 Å². The SMILES string of the molecule is CCOC(=O)CN(C)C(=O)C1CC(=O)N(C2CC2)C1. The Kier molecular flexibility index (Phi) is 4.07. The minimum Gasteiger partial charge on any atom is -0.465 e. The molecule has 2 fully saturated rings. The van der Waals surface area contributed by atoms with E-state index in [1.54, 1.807) is 18.9 Å². The maximum Gasteiger partial charge on any atom is 0.325 e. The summed E-state index contributed by atoms with van der Waals surface area (Å²) in [6.45, 7) is 2.47. The molecule has 0 radical (unpaired) electrons. The Labute approximate surface area is 112 Å². The van der Waals surface area contributed by atoms with Gasteiger partial charge in [-0.1, -0.05) is 0 Å². The summed E-state index contributed by atoms with van der Waals surface area (Å²) in [6, 6.07) is 0.348. The van der Waals surface area contributed by atoms with Crippen molar-refractivity contribution in [1.82, 2.24) is 9.80 Å². The maximum absolute atomic E-state index is 12.2. The molecule has 1 aliphatic carbocycles. The largest absolute Gasteiger partial charge is 0.465 e. The Morgan fingerprint density at radius 2 is 2.11 bits per heavy atom. The van der Waals surface area contributed by atoms with Gasteiger partial charge in [-0.25, -0.2) is 0 Å². The lowest BCUT2D eigenvalue weighted by atomic mass is 10.1. The Hall–Kier alpha value is -1.59. The van der Waals surface area contributed by atoms with Gasteiger partial charge in [-0.2, -0.15) is 0 Å². The Morgan fingerprint density at radius 1 is 1.42 bits per heavy atom. The van der Waals surface area contributed by atoms with Crippen molar-refractivity contribution in [2.45, 2.75) is 32.2 Å². The number of hydrogen-bond acceptors (Lipinski definition) is 4. The molecule has 1 saturated heterocycles. The first kappa shape index (κ1) is 13.8. The highest BCUT2D eigenvalue weighted by molar-refractivity contribution is 5.90. The highest BCUT2D eigenvalue weighted by Gasteiger charge is 2.42. The van der Waals surface area contributed by atoms with Crippen LogP contribution >= 0.6 is 0 Å². The number of rotatable bonds is 5. The fraction of sp³-hybridized carbons (Fsp3) is 0.769. The first-order chi connectivity index (χ1) is 9.02. The highest BCUT2D eigenvalue weighted by Crippen LogP contribution is 2.33. The fourth-order valence-corrected chi connectivity index (χ4v) is 2.43. The molecule has 2 aliphatic rings. The van der Waals surface area contributed by atoms with E-state index in [4.69, 9.17) is 4.74 Å². The van der Waals surface area contributed by atoms with Crippen molar-refractivity contribution < 1.29 is 19.1 Å². The highest BCUT2D eigenvalue weighted by atomic mass is 16.5. The molecule has 1 saturated carbocycles. The molecule has 0 aromatic rings. The van der Waals surface area contributed by atoms with E-state index < -0.39 is 5.97 Å². The third-order valence-corrected chi connectivity index (χ3v) is 3.54. The van der Waals surface area contributed by atoms with Crippen molar-refractivity contribution in [2.24, 2.45) is 5.92 Å². The van der Waals surface area contributed by atoms with Crippen LogP contribution in [0.25, 0.3) is 0 Å². The molecule has 106 valence electrons. The second kappa shape index (κ2) is 5.59. The van der Waals surface area contributed by atoms with E-state index in [1.807, 2.05) is 0 Å². The average Bonchev–Trinajstić information content (AvgIpc) is 3.12. The molecule has 1 unspecified atom stereocenters. The zero-order valence-electron chi connectivity index (χ0n) is 11.4. The predicted octanol–water partition coefficient (Wildman–Crippen LogP) is 0.0188. The summed E-state index contributed by atoms with van der Waals surface area (Å²) in [7, 11) is 1.57. The Balaban J connectivity index is 1.85. The lowest BCUT2D eigenvalue weighted by Gasteiger charge is -2.20. The molecule has 1 atom stereocenters. The van der Waals surface area contributed by atoms with E-state index in [1.165, 1.54) is 4.90 Å². The number of carbonyl (C=O) groups is 3. The van der Waals surface area contributed by atoms with Gasteiger partial charge in [-0.05, 0) is 19.8 Å². The summed E-state index contributed by atoms with van der Waals surface area (Å²) in [5.74, 6) is -0.816. The van der Waals surface area contributed by atoms with E-state index in [2.05, 4.69) is 0 Å². The molecular weight excluding hydrogens is 248 g/mol. The van der Waals surface area contributed by atoms with Crippen molar-refractivity contribution in [3.05, 3.63) is 0 Å². The zero-order chi connectivity index (χ0) is 14.0. The topological polar surface area (TPSA) is 66.9 Å². The van der Waals surface area contributed by atoms with Crippen LogP contribution < -0.4 is 0 Å². The quantitative estimate of drug-likeness (QED) is 0.659. The van der Waals surface area contributed by atoms with Gasteiger partial charge in [0, 0.05) is 26.1 Å². The summed E-state index contributed by atoms with van der Waals surface area (Å²) in [5, 5.41) is 0. The molecule has 0 bridgehead atoms. The molecular formula is C13H20N2O4. The van der Waals surface area contributed by atoms with Crippen LogP contribution in [0, 0.1) is 5.92 Å². The number of ether oxygens (including phenoxy) is 1. The van der Waals surface area contributed by atoms with Crippen molar-refractivity contribution in [2.75, 3.05) is 26.7 Å². The third kappa shape index (κ3) is 3.24. The first-order valence-corrected chi connectivity index (χ1v) is 6.73. The third-order valence-electron chi connectivity index (χ3n) is 3.54. The molecule has 19 heavy (non-hydrogen) atoms. The van der Waals surface area contributed by atoms with E-state index in [-0.39, 0.29) is 30.7 Å². The van der Waals surface area contributed by atoms with Crippen molar-refractivity contribution >= 4 is 17.8 Å². The predicted molar refractivity (Wildman–Crippen MR) is 67.1 cm³/mol. The van der Waals surface area contributed by atoms with Crippen LogP contribution in [0.5, 0.6) is 0 Å².